The zero-order valence-electron chi connectivity index (χ0n) is 18.5. The molecule has 0 saturated heterocycles. The van der Waals surface area contributed by atoms with Crippen LogP contribution >= 0.6 is 15.9 Å². The molecule has 5 nitrogen and oxygen atoms in total. The SMILES string of the molecule is CCCC1(CCC)Nc2ccc(Br)cc2[C@@H](CC(C)=O)N(OCc2ccccc2)C1=O. The maximum absolute atomic E-state index is 14.0. The Bertz CT molecular complexity index is 910. The number of rotatable bonds is 9. The van der Waals surface area contributed by atoms with E-state index in [-0.39, 0.29) is 24.7 Å². The Morgan fingerprint density at radius 2 is 1.81 bits per heavy atom. The molecular weight excluding hydrogens is 456 g/mol. The molecule has 0 unspecified atom stereocenters. The lowest BCUT2D eigenvalue weighted by Gasteiger charge is -2.37. The number of hydrogen-bond acceptors (Lipinski definition) is 4. The van der Waals surface area contributed by atoms with Crippen molar-refractivity contribution in [3.8, 4) is 0 Å². The molecule has 1 heterocycles. The molecule has 1 atom stereocenters. The van der Waals surface area contributed by atoms with E-state index in [1.807, 2.05) is 48.5 Å². The molecule has 1 aliphatic rings. The Kier molecular flexibility index (Phi) is 7.89. The van der Waals surface area contributed by atoms with Crippen LogP contribution in [0.5, 0.6) is 0 Å². The Labute approximate surface area is 193 Å². The fourth-order valence-electron chi connectivity index (χ4n) is 4.36. The number of benzene rings is 2. The summed E-state index contributed by atoms with van der Waals surface area (Å²) in [5.41, 5.74) is 1.98. The number of anilines is 1. The van der Waals surface area contributed by atoms with Gasteiger partial charge in [-0.25, -0.2) is 5.06 Å². The lowest BCUT2D eigenvalue weighted by Crippen LogP contribution is -2.53. The maximum atomic E-state index is 14.0. The number of nitrogens with zero attached hydrogens (tertiary/aromatic N) is 1. The molecule has 0 radical (unpaired) electrons. The molecule has 1 aliphatic heterocycles. The lowest BCUT2D eigenvalue weighted by atomic mass is 9.87. The third kappa shape index (κ3) is 5.36. The van der Waals surface area contributed by atoms with Gasteiger partial charge in [0.05, 0.1) is 6.04 Å². The minimum Gasteiger partial charge on any atom is -0.371 e. The van der Waals surface area contributed by atoms with Crippen molar-refractivity contribution < 1.29 is 14.4 Å². The van der Waals surface area contributed by atoms with Crippen molar-refractivity contribution in [2.75, 3.05) is 5.32 Å². The highest BCUT2D eigenvalue weighted by atomic mass is 79.9. The number of carbonyl (C=O) groups is 2. The number of ketones is 1. The first kappa shape index (κ1) is 23.5. The van der Waals surface area contributed by atoms with Crippen LogP contribution in [0.3, 0.4) is 0 Å². The van der Waals surface area contributed by atoms with Crippen LogP contribution in [0, 0.1) is 0 Å². The van der Waals surface area contributed by atoms with Gasteiger partial charge in [-0.3, -0.25) is 14.4 Å². The maximum Gasteiger partial charge on any atom is 0.272 e. The Morgan fingerprint density at radius 3 is 2.42 bits per heavy atom. The molecule has 0 aliphatic carbocycles. The monoisotopic (exact) mass is 486 g/mol. The van der Waals surface area contributed by atoms with Gasteiger partial charge < -0.3 is 5.32 Å². The molecule has 0 saturated carbocycles. The van der Waals surface area contributed by atoms with Crippen LogP contribution in [0.15, 0.2) is 53.0 Å². The van der Waals surface area contributed by atoms with E-state index >= 15 is 0 Å². The predicted octanol–water partition coefficient (Wildman–Crippen LogP) is 6.19. The first-order chi connectivity index (χ1) is 14.9. The summed E-state index contributed by atoms with van der Waals surface area (Å²) in [6, 6.07) is 15.2. The van der Waals surface area contributed by atoms with Gasteiger partial charge in [0.1, 0.15) is 17.9 Å². The number of nitrogens with one attached hydrogen (secondary N) is 1. The third-order valence-electron chi connectivity index (χ3n) is 5.69. The van der Waals surface area contributed by atoms with Crippen molar-refractivity contribution in [3.05, 3.63) is 64.1 Å². The zero-order valence-corrected chi connectivity index (χ0v) is 20.1. The Balaban J connectivity index is 2.10. The summed E-state index contributed by atoms with van der Waals surface area (Å²) >= 11 is 3.55. The van der Waals surface area contributed by atoms with Crippen molar-refractivity contribution in [2.24, 2.45) is 0 Å². The third-order valence-corrected chi connectivity index (χ3v) is 6.18. The van der Waals surface area contributed by atoms with Crippen molar-refractivity contribution >= 4 is 33.3 Å². The molecule has 2 aromatic carbocycles. The molecule has 0 bridgehead atoms. The summed E-state index contributed by atoms with van der Waals surface area (Å²) in [6.45, 7) is 5.99. The number of carbonyl (C=O) groups excluding carboxylic acids is 2. The number of amides is 1. The standard InChI is InChI=1S/C25H31BrN2O3/c1-4-13-25(14-5-2)24(30)28(31-17-19-9-7-6-8-10-19)23(15-18(3)29)21-16-20(26)11-12-22(21)27-25/h6-12,16,23,27H,4-5,13-15,17H2,1-3H3/t23-/m1/s1. The molecule has 0 fully saturated rings. The van der Waals surface area contributed by atoms with E-state index in [2.05, 4.69) is 35.1 Å². The lowest BCUT2D eigenvalue weighted by molar-refractivity contribution is -0.212. The van der Waals surface area contributed by atoms with Gasteiger partial charge in [-0.15, -0.1) is 0 Å². The van der Waals surface area contributed by atoms with E-state index in [1.54, 1.807) is 6.92 Å². The summed E-state index contributed by atoms with van der Waals surface area (Å²) in [4.78, 5) is 32.5. The molecule has 0 aromatic heterocycles. The molecule has 1 amide bonds. The van der Waals surface area contributed by atoms with E-state index in [0.717, 1.165) is 34.1 Å². The summed E-state index contributed by atoms with van der Waals surface area (Å²) in [7, 11) is 0. The minimum absolute atomic E-state index is 0.00974. The van der Waals surface area contributed by atoms with Gasteiger partial charge in [0.25, 0.3) is 5.91 Å². The first-order valence-corrected chi connectivity index (χ1v) is 11.8. The van der Waals surface area contributed by atoms with Crippen LogP contribution in [-0.2, 0) is 21.0 Å². The second-order valence-electron chi connectivity index (χ2n) is 8.25. The summed E-state index contributed by atoms with van der Waals surface area (Å²) in [6.07, 6.45) is 3.28. The van der Waals surface area contributed by atoms with Crippen LogP contribution in [0.4, 0.5) is 5.69 Å². The first-order valence-electron chi connectivity index (χ1n) is 11.0. The molecule has 1 N–H and O–H groups in total. The largest absolute Gasteiger partial charge is 0.371 e. The van der Waals surface area contributed by atoms with Crippen LogP contribution in [0.2, 0.25) is 0 Å². The summed E-state index contributed by atoms with van der Waals surface area (Å²) < 4.78 is 0.899. The molecule has 2 aromatic rings. The van der Waals surface area contributed by atoms with E-state index in [1.165, 1.54) is 5.06 Å². The summed E-state index contributed by atoms with van der Waals surface area (Å²) in [5.74, 6) is -0.0961. The van der Waals surface area contributed by atoms with Gasteiger partial charge in [0.2, 0.25) is 0 Å². The molecule has 31 heavy (non-hydrogen) atoms. The van der Waals surface area contributed by atoms with Gasteiger partial charge in [-0.05, 0) is 43.5 Å². The van der Waals surface area contributed by atoms with Crippen LogP contribution < -0.4 is 5.32 Å². The number of fused-ring (bicyclic) bond motifs is 1. The highest BCUT2D eigenvalue weighted by Gasteiger charge is 2.46. The van der Waals surface area contributed by atoms with Crippen LogP contribution in [0.25, 0.3) is 0 Å². The van der Waals surface area contributed by atoms with Crippen LogP contribution in [0.1, 0.15) is 70.0 Å². The average Bonchev–Trinajstić information content (AvgIpc) is 2.82. The van der Waals surface area contributed by atoms with Gasteiger partial charge in [0.15, 0.2) is 0 Å². The average molecular weight is 487 g/mol. The van der Waals surface area contributed by atoms with Gasteiger partial charge >= 0.3 is 0 Å². The minimum atomic E-state index is -0.770. The highest BCUT2D eigenvalue weighted by Crippen LogP contribution is 2.42. The van der Waals surface area contributed by atoms with Gasteiger partial charge in [-0.1, -0.05) is 73.0 Å². The predicted molar refractivity (Wildman–Crippen MR) is 126 cm³/mol. The smallest absolute Gasteiger partial charge is 0.272 e. The van der Waals surface area contributed by atoms with E-state index < -0.39 is 11.6 Å². The molecule has 3 rings (SSSR count). The Hall–Kier alpha value is -2.18. The number of Topliss-reactive ketones (excluding diaryl/α,β-unsaturated/α-hetero) is 1. The second kappa shape index (κ2) is 10.4. The zero-order chi connectivity index (χ0) is 22.4. The molecule has 166 valence electrons. The Morgan fingerprint density at radius 1 is 1.13 bits per heavy atom. The topological polar surface area (TPSA) is 58.6 Å². The normalized spacial score (nSPS) is 17.6. The fourth-order valence-corrected chi connectivity index (χ4v) is 4.74. The molecule has 6 heteroatoms. The van der Waals surface area contributed by atoms with E-state index in [9.17, 15) is 9.59 Å². The van der Waals surface area contributed by atoms with E-state index in [0.29, 0.717) is 12.8 Å². The second-order valence-corrected chi connectivity index (χ2v) is 9.17. The van der Waals surface area contributed by atoms with Gasteiger partial charge in [-0.2, -0.15) is 0 Å². The van der Waals surface area contributed by atoms with Gasteiger partial charge in [0, 0.05) is 22.1 Å². The summed E-state index contributed by atoms with van der Waals surface area (Å²) in [5, 5.41) is 5.06. The molecule has 0 spiro atoms. The number of hydroxylamine groups is 2. The molecular formula is C25H31BrN2O3. The van der Waals surface area contributed by atoms with Crippen molar-refractivity contribution in [3.63, 3.8) is 0 Å². The number of halogens is 1. The van der Waals surface area contributed by atoms with Crippen molar-refractivity contribution in [1.29, 1.82) is 0 Å². The number of hydrogen-bond donors (Lipinski definition) is 1. The quantitative estimate of drug-likeness (QED) is 0.458. The van der Waals surface area contributed by atoms with Crippen molar-refractivity contribution in [1.82, 2.24) is 5.06 Å². The van der Waals surface area contributed by atoms with Crippen LogP contribution in [-0.4, -0.2) is 22.3 Å². The fraction of sp³-hybridized carbons (Fsp3) is 0.440. The van der Waals surface area contributed by atoms with Crippen molar-refractivity contribution in [2.45, 2.75) is 71.1 Å². The highest BCUT2D eigenvalue weighted by molar-refractivity contribution is 9.10. The van der Waals surface area contributed by atoms with E-state index in [4.69, 9.17) is 4.84 Å².